The topological polar surface area (TPSA) is 27.7 Å². The maximum absolute atomic E-state index is 6.96. The van der Waals surface area contributed by atoms with Crippen LogP contribution in [0.1, 0.15) is 27.2 Å². The second kappa shape index (κ2) is 7.17. The summed E-state index contributed by atoms with van der Waals surface area (Å²) in [5.41, 5.74) is 1.28. The van der Waals surface area contributed by atoms with Crippen molar-refractivity contribution in [2.24, 2.45) is 28.6 Å². The van der Waals surface area contributed by atoms with E-state index in [1.807, 2.05) is 0 Å². The third kappa shape index (κ3) is 4.36. The first-order chi connectivity index (χ1) is 13.3. The van der Waals surface area contributed by atoms with E-state index in [1.165, 1.54) is 12.0 Å². The smallest absolute Gasteiger partial charge is 0.242 e. The second-order valence-corrected chi connectivity index (χ2v) is 27.1. The summed E-state index contributed by atoms with van der Waals surface area (Å²) in [6.45, 7) is 32.6. The zero-order valence-corrected chi connectivity index (χ0v) is 24.6. The molecule has 0 N–H and O–H groups in total. The van der Waals surface area contributed by atoms with E-state index in [2.05, 4.69) is 92.3 Å². The Hall–Kier alpha value is -0.149. The van der Waals surface area contributed by atoms with Crippen LogP contribution in [-0.2, 0) is 13.3 Å². The molecule has 2 saturated carbocycles. The van der Waals surface area contributed by atoms with E-state index in [0.29, 0.717) is 17.8 Å². The quantitative estimate of drug-likeness (QED) is 0.393. The lowest BCUT2D eigenvalue weighted by Crippen LogP contribution is -2.46. The predicted molar refractivity (Wildman–Crippen MR) is 135 cm³/mol. The molecule has 0 bridgehead atoms. The maximum Gasteiger partial charge on any atom is 0.242 e. The first kappa shape index (κ1) is 24.5. The normalized spacial score (nSPS) is 38.5. The van der Waals surface area contributed by atoms with Crippen molar-refractivity contribution in [2.75, 3.05) is 0 Å². The number of hydrogen-bond acceptors (Lipinski definition) is 3. The molecule has 2 fully saturated rings. The highest BCUT2D eigenvalue weighted by Crippen LogP contribution is 2.69. The summed E-state index contributed by atoms with van der Waals surface area (Å²) in [5, 5.41) is 0. The summed E-state index contributed by atoms with van der Waals surface area (Å²) in [5.74, 6) is 2.32. The number of rotatable bonds is 6. The minimum absolute atomic E-state index is 0.0535. The van der Waals surface area contributed by atoms with Crippen LogP contribution in [0.15, 0.2) is 24.0 Å². The molecular weight excluding hydrogens is 421 g/mol. The number of fused-ring (bicyclic) bond motifs is 3. The Morgan fingerprint density at radius 1 is 0.867 bits per heavy atom. The van der Waals surface area contributed by atoms with E-state index in [9.17, 15) is 0 Å². The Kier molecular flexibility index (Phi) is 5.86. The predicted octanol–water partition coefficient (Wildman–Crippen LogP) is 7.03. The summed E-state index contributed by atoms with van der Waals surface area (Å²) in [4.78, 5) is 0. The number of hydrogen-bond donors (Lipinski definition) is 0. The van der Waals surface area contributed by atoms with Crippen LogP contribution in [-0.4, -0.2) is 37.2 Å². The molecule has 30 heavy (non-hydrogen) atoms. The SMILES string of the molecule is C=C1C(O[Si](C)(C)C)=C[C@@H]2[C@@H](O[Si](C)(C)C)[C@H]3CC(C)(C)[C@H](O[Si](C)(C)C)[C@H]3[C@]12C. The van der Waals surface area contributed by atoms with Crippen LogP contribution in [0.25, 0.3) is 0 Å². The van der Waals surface area contributed by atoms with E-state index in [-0.39, 0.29) is 23.0 Å². The first-order valence-corrected chi connectivity index (χ1v) is 21.9. The van der Waals surface area contributed by atoms with Crippen molar-refractivity contribution in [3.63, 3.8) is 0 Å². The van der Waals surface area contributed by atoms with Gasteiger partial charge in [0.15, 0.2) is 16.6 Å². The monoisotopic (exact) mass is 466 g/mol. The highest BCUT2D eigenvalue weighted by atomic mass is 28.4. The van der Waals surface area contributed by atoms with Crippen molar-refractivity contribution in [3.05, 3.63) is 24.0 Å². The first-order valence-electron chi connectivity index (χ1n) is 11.7. The highest BCUT2D eigenvalue weighted by molar-refractivity contribution is 6.70. The van der Waals surface area contributed by atoms with Crippen molar-refractivity contribution in [1.29, 1.82) is 0 Å². The molecule has 0 amide bonds. The standard InChI is InChI=1S/C24H46O3Si3/c1-16-19(25-28(5,6)7)14-18-21(26-29(8,9)10)17-15-23(2,3)22(27-30(11,12)13)20(17)24(16,18)4/h14,17-18,20-22H,1,15H2,2-13H3/t17-,18+,20-,21-,22+,24+/m0/s1. The molecule has 0 saturated heterocycles. The van der Waals surface area contributed by atoms with Crippen molar-refractivity contribution in [1.82, 2.24) is 0 Å². The average molecular weight is 467 g/mol. The fourth-order valence-corrected chi connectivity index (χ4v) is 9.49. The van der Waals surface area contributed by atoms with Crippen LogP contribution in [0.3, 0.4) is 0 Å². The molecule has 0 aliphatic heterocycles. The summed E-state index contributed by atoms with van der Waals surface area (Å²) in [7, 11) is -5.12. The van der Waals surface area contributed by atoms with E-state index in [4.69, 9.17) is 13.3 Å². The molecule has 3 aliphatic rings. The van der Waals surface area contributed by atoms with Gasteiger partial charge < -0.3 is 13.3 Å². The molecule has 6 heteroatoms. The molecule has 0 aromatic rings. The van der Waals surface area contributed by atoms with E-state index in [1.54, 1.807) is 0 Å². The molecule has 0 heterocycles. The van der Waals surface area contributed by atoms with Crippen molar-refractivity contribution >= 4 is 25.0 Å². The van der Waals surface area contributed by atoms with E-state index < -0.39 is 25.0 Å². The average Bonchev–Trinajstić information content (AvgIpc) is 2.96. The molecule has 0 spiro atoms. The van der Waals surface area contributed by atoms with E-state index >= 15 is 0 Å². The van der Waals surface area contributed by atoms with Crippen molar-refractivity contribution in [2.45, 2.75) is 98.3 Å². The summed E-state index contributed by atoms with van der Waals surface area (Å²) in [6, 6.07) is 0. The fraction of sp³-hybridized carbons (Fsp3) is 0.833. The van der Waals surface area contributed by atoms with Gasteiger partial charge in [0, 0.05) is 11.3 Å². The highest BCUT2D eigenvalue weighted by Gasteiger charge is 2.70. The van der Waals surface area contributed by atoms with Gasteiger partial charge in [-0.25, -0.2) is 0 Å². The van der Waals surface area contributed by atoms with Crippen LogP contribution in [0.5, 0.6) is 0 Å². The van der Waals surface area contributed by atoms with Gasteiger partial charge in [-0.05, 0) is 94.2 Å². The Balaban J connectivity index is 2.09. The zero-order valence-electron chi connectivity index (χ0n) is 21.6. The Labute approximate surface area is 189 Å². The van der Waals surface area contributed by atoms with Crippen molar-refractivity contribution < 1.29 is 13.3 Å². The molecule has 0 radical (unpaired) electrons. The molecule has 0 aromatic heterocycles. The van der Waals surface area contributed by atoms with Gasteiger partial charge >= 0.3 is 0 Å². The lowest BCUT2D eigenvalue weighted by Gasteiger charge is -2.43. The van der Waals surface area contributed by atoms with Gasteiger partial charge in [-0.15, -0.1) is 0 Å². The van der Waals surface area contributed by atoms with Crippen LogP contribution in [0.2, 0.25) is 58.9 Å². The Morgan fingerprint density at radius 3 is 1.87 bits per heavy atom. The number of allylic oxidation sites excluding steroid dienone is 1. The minimum Gasteiger partial charge on any atom is -0.544 e. The molecule has 0 aromatic carbocycles. The Morgan fingerprint density at radius 2 is 1.40 bits per heavy atom. The lowest BCUT2D eigenvalue weighted by atomic mass is 9.68. The molecular formula is C24H46O3Si3. The maximum atomic E-state index is 6.96. The molecule has 3 aliphatic carbocycles. The minimum atomic E-state index is -1.72. The molecule has 3 nitrogen and oxygen atoms in total. The third-order valence-corrected chi connectivity index (χ3v) is 9.92. The van der Waals surface area contributed by atoms with Crippen LogP contribution in [0.4, 0.5) is 0 Å². The largest absolute Gasteiger partial charge is 0.544 e. The van der Waals surface area contributed by atoms with Gasteiger partial charge in [0.25, 0.3) is 0 Å². The van der Waals surface area contributed by atoms with Crippen LogP contribution in [0, 0.1) is 28.6 Å². The van der Waals surface area contributed by atoms with E-state index in [0.717, 1.165) is 5.76 Å². The molecule has 172 valence electrons. The summed E-state index contributed by atoms with van der Waals surface area (Å²) < 4.78 is 20.5. The summed E-state index contributed by atoms with van der Waals surface area (Å²) >= 11 is 0. The molecule has 0 unspecified atom stereocenters. The molecule has 3 rings (SSSR count). The fourth-order valence-electron chi connectivity index (χ4n) is 6.28. The Bertz CT molecular complexity index is 738. The van der Waals surface area contributed by atoms with Crippen LogP contribution < -0.4 is 0 Å². The van der Waals surface area contributed by atoms with Crippen molar-refractivity contribution in [3.8, 4) is 0 Å². The molecule has 6 atom stereocenters. The van der Waals surface area contributed by atoms with Gasteiger partial charge in [0.2, 0.25) is 8.32 Å². The third-order valence-electron chi connectivity index (χ3n) is 7.15. The lowest BCUT2D eigenvalue weighted by molar-refractivity contribution is 0.0203. The summed E-state index contributed by atoms with van der Waals surface area (Å²) in [6.07, 6.45) is 4.04. The van der Waals surface area contributed by atoms with Gasteiger partial charge in [0.1, 0.15) is 5.76 Å². The van der Waals surface area contributed by atoms with Crippen LogP contribution >= 0.6 is 0 Å². The van der Waals surface area contributed by atoms with Gasteiger partial charge in [0.05, 0.1) is 12.2 Å². The van der Waals surface area contributed by atoms with Gasteiger partial charge in [-0.1, -0.05) is 27.4 Å². The van der Waals surface area contributed by atoms with Gasteiger partial charge in [-0.2, -0.15) is 0 Å². The zero-order chi connectivity index (χ0) is 23.1. The second-order valence-electron chi connectivity index (χ2n) is 13.8. The van der Waals surface area contributed by atoms with Gasteiger partial charge in [-0.3, -0.25) is 0 Å².